The number of ether oxygens (including phenoxy) is 1. The Hall–Kier alpha value is -1.67. The van der Waals surface area contributed by atoms with Crippen molar-refractivity contribution < 1.29 is 9.53 Å². The number of para-hydroxylation sites is 1. The van der Waals surface area contributed by atoms with Crippen LogP contribution in [0.4, 0.5) is 4.79 Å². The molecule has 0 saturated carbocycles. The van der Waals surface area contributed by atoms with Crippen LogP contribution in [-0.2, 0) is 0 Å². The lowest BCUT2D eigenvalue weighted by Gasteiger charge is -2.35. The Morgan fingerprint density at radius 3 is 2.53 bits per heavy atom. The molecular formula is C14H16N2O2S. The summed E-state index contributed by atoms with van der Waals surface area (Å²) in [6.45, 7) is 1.14. The Morgan fingerprint density at radius 1 is 1.37 bits per heavy atom. The molecule has 2 rings (SSSR count). The maximum atomic E-state index is 12.0. The second kappa shape index (κ2) is 5.98. The van der Waals surface area contributed by atoms with Gasteiger partial charge in [-0.3, -0.25) is 0 Å². The number of thioether (sulfide) groups is 1. The van der Waals surface area contributed by atoms with E-state index in [1.807, 2.05) is 24.5 Å². The van der Waals surface area contributed by atoms with E-state index in [1.165, 1.54) is 0 Å². The second-order valence-corrected chi connectivity index (χ2v) is 5.67. The van der Waals surface area contributed by atoms with Gasteiger partial charge in [0.2, 0.25) is 0 Å². The highest BCUT2D eigenvalue weighted by Crippen LogP contribution is 2.33. The van der Waals surface area contributed by atoms with Gasteiger partial charge in [0, 0.05) is 13.1 Å². The molecule has 19 heavy (non-hydrogen) atoms. The molecule has 0 atom stereocenters. The molecule has 0 bridgehead atoms. The van der Waals surface area contributed by atoms with Gasteiger partial charge < -0.3 is 9.64 Å². The van der Waals surface area contributed by atoms with Crippen LogP contribution in [0.15, 0.2) is 30.3 Å². The minimum absolute atomic E-state index is 0.334. The van der Waals surface area contributed by atoms with Gasteiger partial charge >= 0.3 is 6.09 Å². The van der Waals surface area contributed by atoms with E-state index in [1.54, 1.807) is 28.8 Å². The molecule has 5 heteroatoms. The summed E-state index contributed by atoms with van der Waals surface area (Å²) >= 11 is 1.57. The topological polar surface area (TPSA) is 53.3 Å². The van der Waals surface area contributed by atoms with Crippen molar-refractivity contribution in [2.45, 2.75) is 17.6 Å². The molecule has 1 aliphatic heterocycles. The lowest BCUT2D eigenvalue weighted by Crippen LogP contribution is -2.45. The minimum atomic E-state index is -0.344. The third kappa shape index (κ3) is 3.21. The number of amides is 1. The molecule has 0 unspecified atom stereocenters. The maximum absolute atomic E-state index is 12.0. The summed E-state index contributed by atoms with van der Waals surface area (Å²) in [5, 5.41) is 9.20. The zero-order chi connectivity index (χ0) is 13.7. The van der Waals surface area contributed by atoms with Gasteiger partial charge in [-0.25, -0.2) is 4.79 Å². The molecule has 1 heterocycles. The molecule has 1 saturated heterocycles. The molecule has 0 aromatic heterocycles. The zero-order valence-electron chi connectivity index (χ0n) is 10.8. The van der Waals surface area contributed by atoms with E-state index in [0.29, 0.717) is 31.7 Å². The van der Waals surface area contributed by atoms with Gasteiger partial charge in [0.15, 0.2) is 0 Å². The third-order valence-corrected chi connectivity index (χ3v) is 4.65. The third-order valence-electron chi connectivity index (χ3n) is 3.37. The van der Waals surface area contributed by atoms with Crippen molar-refractivity contribution >= 4 is 17.9 Å². The normalized spacial score (nSPS) is 17.6. The van der Waals surface area contributed by atoms with Crippen LogP contribution in [0.5, 0.6) is 5.75 Å². The first-order chi connectivity index (χ1) is 9.19. The van der Waals surface area contributed by atoms with Crippen molar-refractivity contribution in [3.63, 3.8) is 0 Å². The van der Waals surface area contributed by atoms with Crippen molar-refractivity contribution in [3.8, 4) is 11.8 Å². The number of hydrogen-bond acceptors (Lipinski definition) is 4. The molecule has 100 valence electrons. The average Bonchev–Trinajstić information content (AvgIpc) is 2.48. The Morgan fingerprint density at radius 2 is 2.00 bits per heavy atom. The number of rotatable bonds is 2. The molecule has 1 amide bonds. The highest BCUT2D eigenvalue weighted by Gasteiger charge is 2.35. The lowest BCUT2D eigenvalue weighted by molar-refractivity contribution is 0.140. The predicted molar refractivity (Wildman–Crippen MR) is 75.1 cm³/mol. The number of hydrogen-bond donors (Lipinski definition) is 0. The quantitative estimate of drug-likeness (QED) is 0.833. The highest BCUT2D eigenvalue weighted by atomic mass is 32.2. The van der Waals surface area contributed by atoms with Crippen LogP contribution >= 0.6 is 11.8 Å². The van der Waals surface area contributed by atoms with Crippen LogP contribution < -0.4 is 4.74 Å². The molecule has 0 aliphatic carbocycles. The van der Waals surface area contributed by atoms with Crippen LogP contribution in [0, 0.1) is 11.3 Å². The molecule has 4 nitrogen and oxygen atoms in total. The van der Waals surface area contributed by atoms with Gasteiger partial charge in [0.1, 0.15) is 10.5 Å². The SMILES string of the molecule is CSC1(C#N)CCN(C(=O)Oc2ccccc2)CC1. The predicted octanol–water partition coefficient (Wildman–Crippen LogP) is 2.91. The molecule has 0 radical (unpaired) electrons. The number of nitrogens with zero attached hydrogens (tertiary/aromatic N) is 2. The van der Waals surface area contributed by atoms with E-state index in [2.05, 4.69) is 6.07 Å². The van der Waals surface area contributed by atoms with E-state index in [-0.39, 0.29) is 10.8 Å². The molecule has 0 spiro atoms. The van der Waals surface area contributed by atoms with Crippen LogP contribution in [0.2, 0.25) is 0 Å². The summed E-state index contributed by atoms with van der Waals surface area (Å²) in [5.74, 6) is 0.550. The fourth-order valence-corrected chi connectivity index (χ4v) is 2.75. The van der Waals surface area contributed by atoms with E-state index >= 15 is 0 Å². The second-order valence-electron chi connectivity index (χ2n) is 4.48. The lowest BCUT2D eigenvalue weighted by atomic mass is 9.98. The fourth-order valence-electron chi connectivity index (χ4n) is 2.07. The van der Waals surface area contributed by atoms with E-state index in [4.69, 9.17) is 4.74 Å². The van der Waals surface area contributed by atoms with E-state index < -0.39 is 0 Å². The standard InChI is InChI=1S/C14H16N2O2S/c1-19-14(11-15)7-9-16(10-8-14)13(17)18-12-5-3-2-4-6-12/h2-6H,7-10H2,1H3. The van der Waals surface area contributed by atoms with Crippen LogP contribution in [0.1, 0.15) is 12.8 Å². The Labute approximate surface area is 117 Å². The first-order valence-electron chi connectivity index (χ1n) is 6.17. The first kappa shape index (κ1) is 13.8. The number of benzene rings is 1. The molecule has 1 aliphatic rings. The Balaban J connectivity index is 1.92. The summed E-state index contributed by atoms with van der Waals surface area (Å²) in [6, 6.07) is 11.4. The van der Waals surface area contributed by atoms with E-state index in [9.17, 15) is 10.1 Å². The monoisotopic (exact) mass is 276 g/mol. The number of carbonyl (C=O) groups is 1. The fraction of sp³-hybridized carbons (Fsp3) is 0.429. The molecule has 0 N–H and O–H groups in total. The summed E-state index contributed by atoms with van der Waals surface area (Å²) in [4.78, 5) is 13.6. The largest absolute Gasteiger partial charge is 0.415 e. The zero-order valence-corrected chi connectivity index (χ0v) is 11.7. The van der Waals surface area contributed by atoms with Crippen molar-refractivity contribution in [1.82, 2.24) is 4.90 Å². The van der Waals surface area contributed by atoms with Gasteiger partial charge in [-0.05, 0) is 31.2 Å². The molecule has 1 aromatic rings. The van der Waals surface area contributed by atoms with Crippen molar-refractivity contribution in [3.05, 3.63) is 30.3 Å². The molecular weight excluding hydrogens is 260 g/mol. The van der Waals surface area contributed by atoms with Gasteiger partial charge in [-0.1, -0.05) is 18.2 Å². The van der Waals surface area contributed by atoms with Crippen molar-refractivity contribution in [2.75, 3.05) is 19.3 Å². The smallest absolute Gasteiger partial charge is 0.410 e. The minimum Gasteiger partial charge on any atom is -0.410 e. The van der Waals surface area contributed by atoms with Crippen LogP contribution in [0.3, 0.4) is 0 Å². The van der Waals surface area contributed by atoms with E-state index in [0.717, 1.165) is 0 Å². The average molecular weight is 276 g/mol. The highest BCUT2D eigenvalue weighted by molar-refractivity contribution is 8.00. The molecule has 1 aromatic carbocycles. The summed E-state index contributed by atoms with van der Waals surface area (Å²) < 4.78 is 4.94. The van der Waals surface area contributed by atoms with Gasteiger partial charge in [0.05, 0.1) is 6.07 Å². The van der Waals surface area contributed by atoms with Crippen LogP contribution in [0.25, 0.3) is 0 Å². The Kier molecular flexibility index (Phi) is 4.33. The number of carbonyl (C=O) groups excluding carboxylic acids is 1. The number of likely N-dealkylation sites (tertiary alicyclic amines) is 1. The Bertz CT molecular complexity index is 476. The van der Waals surface area contributed by atoms with Gasteiger partial charge in [0.25, 0.3) is 0 Å². The van der Waals surface area contributed by atoms with Crippen LogP contribution in [-0.4, -0.2) is 35.1 Å². The van der Waals surface area contributed by atoms with Gasteiger partial charge in [-0.15, -0.1) is 11.8 Å². The van der Waals surface area contributed by atoms with Crippen molar-refractivity contribution in [1.29, 1.82) is 5.26 Å². The summed E-state index contributed by atoms with van der Waals surface area (Å²) in [5.41, 5.74) is 0. The summed E-state index contributed by atoms with van der Waals surface area (Å²) in [6.07, 6.45) is 2.99. The van der Waals surface area contributed by atoms with Crippen molar-refractivity contribution in [2.24, 2.45) is 0 Å². The number of nitriles is 1. The number of piperidine rings is 1. The maximum Gasteiger partial charge on any atom is 0.415 e. The summed E-state index contributed by atoms with van der Waals surface area (Å²) in [7, 11) is 0. The van der Waals surface area contributed by atoms with Gasteiger partial charge in [-0.2, -0.15) is 5.26 Å². The first-order valence-corrected chi connectivity index (χ1v) is 7.40. The molecule has 1 fully saturated rings.